The number of hydrogen-bond acceptors (Lipinski definition) is 11. The van der Waals surface area contributed by atoms with Gasteiger partial charge >= 0.3 is 17.9 Å². The quantitative estimate of drug-likeness (QED) is 0.101. The average molecular weight is 793 g/mol. The number of aryl methyl sites for hydroxylation is 3. The first-order valence-electron chi connectivity index (χ1n) is 18.1. The summed E-state index contributed by atoms with van der Waals surface area (Å²) >= 11 is 11.8. The highest BCUT2D eigenvalue weighted by atomic mass is 32.1. The maximum absolute atomic E-state index is 12.1. The first kappa shape index (κ1) is 41.0. The zero-order valence-electron chi connectivity index (χ0n) is 31.4. The van der Waals surface area contributed by atoms with Gasteiger partial charge in [0.1, 0.15) is 17.2 Å². The minimum absolute atomic E-state index is 0.122. The van der Waals surface area contributed by atoms with E-state index in [1.807, 2.05) is 43.9 Å². The Bertz CT molecular complexity index is 1800. The number of benzene rings is 3. The molecular weight excluding hydrogens is 745 g/mol. The van der Waals surface area contributed by atoms with Gasteiger partial charge in [-0.1, -0.05) is 36.4 Å². The maximum Gasteiger partial charge on any atom is 0.305 e. The molecule has 0 bridgehead atoms. The Balaban J connectivity index is 1.28. The molecule has 0 spiro atoms. The molecule has 2 saturated heterocycles. The molecule has 2 aliphatic heterocycles. The molecule has 3 aromatic rings. The molecule has 2 fully saturated rings. The first-order chi connectivity index (χ1) is 26.4. The van der Waals surface area contributed by atoms with Crippen LogP contribution >= 0.6 is 24.4 Å². The van der Waals surface area contributed by atoms with Gasteiger partial charge in [0.2, 0.25) is 0 Å². The van der Waals surface area contributed by atoms with E-state index < -0.39 is 0 Å². The number of carbonyl (C=O) groups is 3. The lowest BCUT2D eigenvalue weighted by molar-refractivity contribution is -0.141. The third-order valence-corrected chi connectivity index (χ3v) is 11.0. The van der Waals surface area contributed by atoms with Crippen molar-refractivity contribution in [3.63, 3.8) is 0 Å². The van der Waals surface area contributed by atoms with Crippen LogP contribution < -0.4 is 0 Å². The molecule has 2 heterocycles. The second-order valence-corrected chi connectivity index (χ2v) is 14.4. The van der Waals surface area contributed by atoms with Gasteiger partial charge in [-0.3, -0.25) is 14.4 Å². The zero-order valence-corrected chi connectivity index (χ0v) is 33.0. The number of esters is 3. The van der Waals surface area contributed by atoms with Crippen molar-refractivity contribution in [3.8, 4) is 17.2 Å². The first-order valence-corrected chi connectivity index (χ1v) is 18.9. The summed E-state index contributed by atoms with van der Waals surface area (Å²) in [6, 6.07) is 14.4. The van der Waals surface area contributed by atoms with Gasteiger partial charge in [0.15, 0.2) is 10.2 Å². The van der Waals surface area contributed by atoms with Gasteiger partial charge in [-0.25, -0.2) is 0 Å². The Morgan fingerprint density at radius 2 is 0.836 bits per heavy atom. The number of thiocarbonyl (C=S) groups is 2. The highest BCUT2D eigenvalue weighted by Crippen LogP contribution is 2.32. The summed E-state index contributed by atoms with van der Waals surface area (Å²) in [6.45, 7) is 3.84. The molecular formula is C40H48N4O9S2. The lowest BCUT2D eigenvalue weighted by atomic mass is 10.00. The second-order valence-electron chi connectivity index (χ2n) is 13.7. The van der Waals surface area contributed by atoms with Crippen molar-refractivity contribution in [3.05, 3.63) is 87.5 Å². The molecule has 5 rings (SSSR count). The van der Waals surface area contributed by atoms with Crippen molar-refractivity contribution >= 4 is 52.6 Å². The summed E-state index contributed by atoms with van der Waals surface area (Å²) in [6.07, 6.45) is 2.04. The lowest BCUT2D eigenvalue weighted by Gasteiger charge is -2.25. The van der Waals surface area contributed by atoms with E-state index in [-0.39, 0.29) is 54.4 Å². The van der Waals surface area contributed by atoms with Crippen LogP contribution in [0.2, 0.25) is 0 Å². The van der Waals surface area contributed by atoms with Gasteiger partial charge in [0, 0.05) is 93.9 Å². The zero-order chi connectivity index (χ0) is 39.6. The van der Waals surface area contributed by atoms with Crippen LogP contribution in [0.3, 0.4) is 0 Å². The summed E-state index contributed by atoms with van der Waals surface area (Å²) in [4.78, 5) is 43.4. The number of nitrogens with zero attached hydrogens (tertiary/aromatic N) is 4. The van der Waals surface area contributed by atoms with Gasteiger partial charge < -0.3 is 49.1 Å². The van der Waals surface area contributed by atoms with Crippen LogP contribution in [0.5, 0.6) is 17.2 Å². The van der Waals surface area contributed by atoms with Gasteiger partial charge in [-0.15, -0.1) is 0 Å². The van der Waals surface area contributed by atoms with Crippen molar-refractivity contribution in [2.45, 2.75) is 64.7 Å². The number of ether oxygens (including phenoxy) is 3. The van der Waals surface area contributed by atoms with Crippen molar-refractivity contribution in [2.75, 3.05) is 47.5 Å². The Morgan fingerprint density at radius 3 is 1.18 bits per heavy atom. The Kier molecular flexibility index (Phi) is 14.1. The summed E-state index contributed by atoms with van der Waals surface area (Å²) < 4.78 is 14.4. The third-order valence-electron chi connectivity index (χ3n) is 9.96. The highest BCUT2D eigenvalue weighted by molar-refractivity contribution is 7.80. The predicted molar refractivity (Wildman–Crippen MR) is 212 cm³/mol. The number of carbonyl (C=O) groups excluding carboxylic acids is 3. The fourth-order valence-corrected chi connectivity index (χ4v) is 7.40. The summed E-state index contributed by atoms with van der Waals surface area (Å²) in [5.41, 5.74) is 5.37. The lowest BCUT2D eigenvalue weighted by Crippen LogP contribution is -2.31. The molecule has 55 heavy (non-hydrogen) atoms. The topological polar surface area (TPSA) is 153 Å². The van der Waals surface area contributed by atoms with Crippen molar-refractivity contribution in [1.82, 2.24) is 19.6 Å². The Morgan fingerprint density at radius 1 is 0.527 bits per heavy atom. The van der Waals surface area contributed by atoms with Gasteiger partial charge in [-0.05, 0) is 72.5 Å². The SMILES string of the molecule is COC(=O)CCc1ccc(O)c(CN2CCN(Cc3cc(CCC(=O)OC)cc(CN4CCN(Cc5cc(CCC(=O)OC)ccc5O)C4=S)c3O)C2=S)c1. The third kappa shape index (κ3) is 10.8. The van der Waals surface area contributed by atoms with Crippen LogP contribution in [-0.2, 0) is 74.0 Å². The van der Waals surface area contributed by atoms with Crippen LogP contribution in [0, 0.1) is 0 Å². The number of phenols is 3. The molecule has 294 valence electrons. The number of phenolic OH excluding ortho intramolecular Hbond substituents is 3. The molecule has 0 unspecified atom stereocenters. The van der Waals surface area contributed by atoms with Gasteiger partial charge in [0.25, 0.3) is 0 Å². The number of rotatable bonds is 17. The van der Waals surface area contributed by atoms with E-state index >= 15 is 0 Å². The highest BCUT2D eigenvalue weighted by Gasteiger charge is 2.29. The van der Waals surface area contributed by atoms with E-state index in [0.717, 1.165) is 16.7 Å². The maximum atomic E-state index is 12.1. The van der Waals surface area contributed by atoms with E-state index in [9.17, 15) is 29.7 Å². The predicted octanol–water partition coefficient (Wildman–Crippen LogP) is 4.33. The minimum atomic E-state index is -0.334. The number of aromatic hydroxyl groups is 3. The van der Waals surface area contributed by atoms with E-state index in [4.69, 9.17) is 38.6 Å². The van der Waals surface area contributed by atoms with Crippen molar-refractivity contribution in [2.24, 2.45) is 0 Å². The van der Waals surface area contributed by atoms with Crippen LogP contribution in [0.1, 0.15) is 58.2 Å². The molecule has 0 aliphatic carbocycles. The average Bonchev–Trinajstić information content (AvgIpc) is 3.71. The largest absolute Gasteiger partial charge is 0.508 e. The number of hydrogen-bond donors (Lipinski definition) is 3. The van der Waals surface area contributed by atoms with Crippen LogP contribution in [0.15, 0.2) is 48.5 Å². The molecule has 0 saturated carbocycles. The molecule has 13 nitrogen and oxygen atoms in total. The Labute approximate surface area is 332 Å². The van der Waals surface area contributed by atoms with Crippen LogP contribution in [-0.4, -0.2) is 111 Å². The summed E-state index contributed by atoms with van der Waals surface area (Å²) in [5.74, 6) is -0.530. The molecule has 2 aliphatic rings. The van der Waals surface area contributed by atoms with E-state index in [1.165, 1.54) is 21.3 Å². The normalized spacial score (nSPS) is 14.2. The van der Waals surface area contributed by atoms with E-state index in [0.29, 0.717) is 104 Å². The van der Waals surface area contributed by atoms with Crippen LogP contribution in [0.4, 0.5) is 0 Å². The van der Waals surface area contributed by atoms with Crippen molar-refractivity contribution < 1.29 is 43.9 Å². The molecule has 15 heteroatoms. The van der Waals surface area contributed by atoms with E-state index in [1.54, 1.807) is 24.3 Å². The molecule has 0 aromatic heterocycles. The molecule has 0 radical (unpaired) electrons. The monoisotopic (exact) mass is 792 g/mol. The fraction of sp³-hybridized carbons (Fsp3) is 0.425. The van der Waals surface area contributed by atoms with Crippen molar-refractivity contribution in [1.29, 1.82) is 0 Å². The molecule has 0 amide bonds. The Hall–Kier alpha value is -5.15. The number of methoxy groups -OCH3 is 3. The standard InChI is InChI=1S/C40H48N4O9S2/c1-51-35(47)11-6-26-4-9-33(45)29(18-26)22-41-14-16-43(39(41)54)24-31-20-28(8-13-37(49)53-3)21-32(38(31)50)25-44-17-15-42(40(44)55)23-30-19-27(5-10-34(30)46)7-12-36(48)52-2/h4-5,9-10,18-21,45-46,50H,6-8,11-17,22-25H2,1-3H3. The van der Waals surface area contributed by atoms with Crippen LogP contribution in [0.25, 0.3) is 0 Å². The van der Waals surface area contributed by atoms with E-state index in [2.05, 4.69) is 0 Å². The van der Waals surface area contributed by atoms with Gasteiger partial charge in [-0.2, -0.15) is 0 Å². The molecule has 3 aromatic carbocycles. The molecule has 0 atom stereocenters. The minimum Gasteiger partial charge on any atom is -0.508 e. The molecule has 3 N–H and O–H groups in total. The van der Waals surface area contributed by atoms with Gasteiger partial charge in [0.05, 0.1) is 21.3 Å². The fourth-order valence-electron chi connectivity index (χ4n) is 6.78. The summed E-state index contributed by atoms with van der Waals surface area (Å²) in [5, 5.41) is 34.1. The second kappa shape index (κ2) is 18.9. The smallest absolute Gasteiger partial charge is 0.305 e. The summed E-state index contributed by atoms with van der Waals surface area (Å²) in [7, 11) is 4.07.